The predicted octanol–water partition coefficient (Wildman–Crippen LogP) is 0.275. The second-order valence-electron chi connectivity index (χ2n) is 3.00. The Bertz CT molecular complexity index is 364. The summed E-state index contributed by atoms with van der Waals surface area (Å²) in [6, 6.07) is 0. The molecule has 0 saturated heterocycles. The maximum atomic E-state index is 10.4. The molecule has 0 bridgehead atoms. The third-order valence-corrected chi connectivity index (χ3v) is 2.12. The Hall–Kier alpha value is -1.62. The molecule has 1 heterocycles. The molecule has 0 aliphatic rings. The standard InChI is InChI=1S/C9H13N3O2/c1-5-7(3-4-13)9(10)12-6(2)8(5)14-11/h4H,3,11H2,1-2H3,(H2,10,12). The van der Waals surface area contributed by atoms with E-state index < -0.39 is 0 Å². The number of rotatable bonds is 3. The summed E-state index contributed by atoms with van der Waals surface area (Å²) in [4.78, 5) is 19.1. The van der Waals surface area contributed by atoms with E-state index in [1.807, 2.05) is 0 Å². The van der Waals surface area contributed by atoms with E-state index in [1.54, 1.807) is 13.8 Å². The Balaban J connectivity index is 3.35. The first-order valence-electron chi connectivity index (χ1n) is 4.17. The Kier molecular flexibility index (Phi) is 3.03. The van der Waals surface area contributed by atoms with Gasteiger partial charge >= 0.3 is 0 Å². The minimum Gasteiger partial charge on any atom is -0.409 e. The van der Waals surface area contributed by atoms with Gasteiger partial charge in [-0.25, -0.2) is 4.98 Å². The van der Waals surface area contributed by atoms with Gasteiger partial charge in [0.15, 0.2) is 5.75 Å². The van der Waals surface area contributed by atoms with Crippen LogP contribution < -0.4 is 16.5 Å². The highest BCUT2D eigenvalue weighted by molar-refractivity contribution is 5.63. The fourth-order valence-electron chi connectivity index (χ4n) is 1.41. The van der Waals surface area contributed by atoms with Crippen LogP contribution in [-0.4, -0.2) is 11.3 Å². The normalized spacial score (nSPS) is 9.93. The van der Waals surface area contributed by atoms with Crippen molar-refractivity contribution in [2.45, 2.75) is 20.3 Å². The van der Waals surface area contributed by atoms with E-state index in [0.717, 1.165) is 11.8 Å². The molecule has 0 aliphatic heterocycles. The lowest BCUT2D eigenvalue weighted by Crippen LogP contribution is -2.11. The number of aryl methyl sites for hydroxylation is 1. The van der Waals surface area contributed by atoms with Gasteiger partial charge in [-0.1, -0.05) is 0 Å². The molecular weight excluding hydrogens is 182 g/mol. The van der Waals surface area contributed by atoms with Crippen LogP contribution in [0.3, 0.4) is 0 Å². The summed E-state index contributed by atoms with van der Waals surface area (Å²) in [5.74, 6) is 5.93. The summed E-state index contributed by atoms with van der Waals surface area (Å²) in [5, 5.41) is 0. The quantitative estimate of drug-likeness (QED) is 0.533. The van der Waals surface area contributed by atoms with Crippen LogP contribution in [0, 0.1) is 13.8 Å². The number of hydrogen-bond donors (Lipinski definition) is 2. The van der Waals surface area contributed by atoms with E-state index in [1.165, 1.54) is 0 Å². The number of aromatic nitrogens is 1. The Morgan fingerprint density at radius 3 is 2.64 bits per heavy atom. The lowest BCUT2D eigenvalue weighted by atomic mass is 10.1. The molecule has 0 radical (unpaired) electrons. The number of pyridine rings is 1. The summed E-state index contributed by atoms with van der Waals surface area (Å²) < 4.78 is 0. The molecule has 4 N–H and O–H groups in total. The molecule has 0 aromatic carbocycles. The second kappa shape index (κ2) is 4.06. The van der Waals surface area contributed by atoms with Gasteiger partial charge in [-0.3, -0.25) is 0 Å². The summed E-state index contributed by atoms with van der Waals surface area (Å²) >= 11 is 0. The molecule has 76 valence electrons. The van der Waals surface area contributed by atoms with Crippen LogP contribution in [0.15, 0.2) is 0 Å². The smallest absolute Gasteiger partial charge is 0.171 e. The maximum Gasteiger partial charge on any atom is 0.171 e. The van der Waals surface area contributed by atoms with E-state index in [0.29, 0.717) is 22.8 Å². The van der Waals surface area contributed by atoms with Crippen LogP contribution in [0.1, 0.15) is 16.8 Å². The van der Waals surface area contributed by atoms with E-state index in [-0.39, 0.29) is 6.42 Å². The fraction of sp³-hybridized carbons (Fsp3) is 0.333. The Morgan fingerprint density at radius 1 is 1.50 bits per heavy atom. The third kappa shape index (κ3) is 1.67. The fourth-order valence-corrected chi connectivity index (χ4v) is 1.41. The largest absolute Gasteiger partial charge is 0.409 e. The summed E-state index contributed by atoms with van der Waals surface area (Å²) in [7, 11) is 0. The maximum absolute atomic E-state index is 10.4. The summed E-state index contributed by atoms with van der Waals surface area (Å²) in [6.45, 7) is 3.54. The average Bonchev–Trinajstić information content (AvgIpc) is 2.12. The molecule has 14 heavy (non-hydrogen) atoms. The van der Waals surface area contributed by atoms with Crippen molar-refractivity contribution in [2.24, 2.45) is 5.90 Å². The number of anilines is 1. The van der Waals surface area contributed by atoms with Crippen LogP contribution in [0.5, 0.6) is 5.75 Å². The van der Waals surface area contributed by atoms with Crippen molar-refractivity contribution in [2.75, 3.05) is 5.73 Å². The first-order valence-corrected chi connectivity index (χ1v) is 4.17. The number of hydrogen-bond acceptors (Lipinski definition) is 5. The van der Waals surface area contributed by atoms with Crippen LogP contribution in [0.25, 0.3) is 0 Å². The van der Waals surface area contributed by atoms with Crippen molar-refractivity contribution >= 4 is 12.1 Å². The molecule has 0 saturated carbocycles. The van der Waals surface area contributed by atoms with Gasteiger partial charge in [0.25, 0.3) is 0 Å². The van der Waals surface area contributed by atoms with E-state index >= 15 is 0 Å². The van der Waals surface area contributed by atoms with Crippen LogP contribution in [0.2, 0.25) is 0 Å². The minimum absolute atomic E-state index is 0.224. The van der Waals surface area contributed by atoms with Gasteiger partial charge in [-0.15, -0.1) is 0 Å². The molecule has 5 heteroatoms. The lowest BCUT2D eigenvalue weighted by molar-refractivity contribution is -0.107. The zero-order valence-electron chi connectivity index (χ0n) is 8.20. The third-order valence-electron chi connectivity index (χ3n) is 2.12. The first kappa shape index (κ1) is 10.5. The molecule has 0 unspecified atom stereocenters. The molecular formula is C9H13N3O2. The zero-order chi connectivity index (χ0) is 10.7. The zero-order valence-corrected chi connectivity index (χ0v) is 8.20. The molecule has 1 rings (SSSR count). The summed E-state index contributed by atoms with van der Waals surface area (Å²) in [5.41, 5.74) is 7.73. The first-order chi connectivity index (χ1) is 6.61. The highest BCUT2D eigenvalue weighted by atomic mass is 16.6. The molecule has 0 fully saturated rings. The van der Waals surface area contributed by atoms with Gasteiger partial charge in [0.2, 0.25) is 0 Å². The van der Waals surface area contributed by atoms with Gasteiger partial charge in [-0.2, -0.15) is 5.90 Å². The van der Waals surface area contributed by atoms with Crippen molar-refractivity contribution in [1.82, 2.24) is 4.98 Å². The van der Waals surface area contributed by atoms with Gasteiger partial charge in [0.1, 0.15) is 12.1 Å². The van der Waals surface area contributed by atoms with Crippen molar-refractivity contribution in [1.29, 1.82) is 0 Å². The Labute approximate surface area is 82.0 Å². The highest BCUT2D eigenvalue weighted by Crippen LogP contribution is 2.27. The van der Waals surface area contributed by atoms with Crippen molar-refractivity contribution in [3.05, 3.63) is 16.8 Å². The number of aldehydes is 1. The van der Waals surface area contributed by atoms with Crippen molar-refractivity contribution in [3.8, 4) is 5.75 Å². The number of carbonyl (C=O) groups is 1. The van der Waals surface area contributed by atoms with Crippen LogP contribution >= 0.6 is 0 Å². The highest BCUT2D eigenvalue weighted by Gasteiger charge is 2.13. The van der Waals surface area contributed by atoms with Gasteiger partial charge < -0.3 is 15.4 Å². The van der Waals surface area contributed by atoms with E-state index in [4.69, 9.17) is 11.6 Å². The van der Waals surface area contributed by atoms with Crippen LogP contribution in [0.4, 0.5) is 5.82 Å². The van der Waals surface area contributed by atoms with Crippen LogP contribution in [-0.2, 0) is 11.2 Å². The number of nitrogens with zero attached hydrogens (tertiary/aromatic N) is 1. The number of nitrogens with two attached hydrogens (primary N) is 2. The molecule has 5 nitrogen and oxygen atoms in total. The molecule has 0 atom stereocenters. The van der Waals surface area contributed by atoms with E-state index in [2.05, 4.69) is 9.82 Å². The van der Waals surface area contributed by atoms with Crippen molar-refractivity contribution in [3.63, 3.8) is 0 Å². The minimum atomic E-state index is 0.224. The van der Waals surface area contributed by atoms with Gasteiger partial charge in [-0.05, 0) is 13.8 Å². The summed E-state index contributed by atoms with van der Waals surface area (Å²) in [6.07, 6.45) is 0.997. The number of nitrogen functional groups attached to an aromatic ring is 1. The average molecular weight is 195 g/mol. The SMILES string of the molecule is Cc1nc(N)c(CC=O)c(C)c1ON. The topological polar surface area (TPSA) is 91.2 Å². The molecule has 0 amide bonds. The Morgan fingerprint density at radius 2 is 2.14 bits per heavy atom. The second-order valence-corrected chi connectivity index (χ2v) is 3.00. The molecule has 0 aliphatic carbocycles. The van der Waals surface area contributed by atoms with Gasteiger partial charge in [0.05, 0.1) is 5.69 Å². The predicted molar refractivity (Wildman–Crippen MR) is 52.7 cm³/mol. The number of carbonyl (C=O) groups excluding carboxylic acids is 1. The lowest BCUT2D eigenvalue weighted by Gasteiger charge is -2.12. The van der Waals surface area contributed by atoms with E-state index in [9.17, 15) is 4.79 Å². The van der Waals surface area contributed by atoms with Crippen molar-refractivity contribution < 1.29 is 9.63 Å². The molecule has 0 spiro atoms. The molecule has 1 aromatic heterocycles. The molecule has 1 aromatic rings. The monoisotopic (exact) mass is 195 g/mol. The van der Waals surface area contributed by atoms with Gasteiger partial charge in [0, 0.05) is 17.5 Å².